The number of carbonyl (C=O) groups is 1. The van der Waals surface area contributed by atoms with Crippen molar-refractivity contribution in [1.29, 1.82) is 0 Å². The van der Waals surface area contributed by atoms with Crippen LogP contribution in [0.5, 0.6) is 0 Å². The van der Waals surface area contributed by atoms with Crippen LogP contribution in [-0.2, 0) is 12.6 Å². The van der Waals surface area contributed by atoms with Crippen molar-refractivity contribution in [3.05, 3.63) is 118 Å². The summed E-state index contributed by atoms with van der Waals surface area (Å²) in [5.74, 6) is -2.54. The molecule has 1 aromatic heterocycles. The van der Waals surface area contributed by atoms with E-state index in [2.05, 4.69) is 15.3 Å². The summed E-state index contributed by atoms with van der Waals surface area (Å²) in [6.45, 7) is 1.61. The Bertz CT molecular complexity index is 1550. The van der Waals surface area contributed by atoms with Gasteiger partial charge < -0.3 is 10.4 Å². The maximum absolute atomic E-state index is 15.0. The summed E-state index contributed by atoms with van der Waals surface area (Å²) in [6, 6.07) is 17.2. The minimum absolute atomic E-state index is 0.286. The molecule has 1 heterocycles. The van der Waals surface area contributed by atoms with E-state index in [0.717, 1.165) is 22.8 Å². The number of rotatable bonds is 5. The third-order valence-electron chi connectivity index (χ3n) is 6.38. The van der Waals surface area contributed by atoms with Crippen molar-refractivity contribution in [2.24, 2.45) is 0 Å². The number of fused-ring (bicyclic) bond motifs is 1. The van der Waals surface area contributed by atoms with E-state index in [0.29, 0.717) is 29.3 Å². The van der Waals surface area contributed by atoms with Crippen molar-refractivity contribution < 1.29 is 27.5 Å². The molecule has 1 amide bonds. The van der Waals surface area contributed by atoms with Gasteiger partial charge >= 0.3 is 6.18 Å². The number of halogens is 4. The molecule has 1 atom stereocenters. The first-order valence-electron chi connectivity index (χ1n) is 11.7. The van der Waals surface area contributed by atoms with Crippen LogP contribution in [0.15, 0.2) is 79.1 Å². The van der Waals surface area contributed by atoms with Crippen LogP contribution in [-0.4, -0.2) is 21.0 Å². The zero-order chi connectivity index (χ0) is 27.0. The second-order valence-electron chi connectivity index (χ2n) is 8.89. The summed E-state index contributed by atoms with van der Waals surface area (Å²) in [4.78, 5) is 21.1. The molecular weight excluding hydrogens is 498 g/mol. The molecule has 9 heteroatoms. The third-order valence-corrected chi connectivity index (χ3v) is 6.38. The molecule has 0 saturated carbocycles. The van der Waals surface area contributed by atoms with Crippen molar-refractivity contribution in [1.82, 2.24) is 15.3 Å². The van der Waals surface area contributed by atoms with Crippen LogP contribution in [0.25, 0.3) is 22.7 Å². The predicted molar refractivity (Wildman–Crippen MR) is 134 cm³/mol. The van der Waals surface area contributed by atoms with Gasteiger partial charge in [-0.05, 0) is 53.5 Å². The topological polar surface area (TPSA) is 75.1 Å². The number of alkyl halides is 3. The molecule has 2 N–H and O–H groups in total. The highest BCUT2D eigenvalue weighted by Gasteiger charge is 2.36. The van der Waals surface area contributed by atoms with E-state index < -0.39 is 40.7 Å². The number of hydrogen-bond acceptors (Lipinski definition) is 4. The van der Waals surface area contributed by atoms with E-state index in [-0.39, 0.29) is 5.82 Å². The number of nitrogens with one attached hydrogen (secondary N) is 1. The number of benzene rings is 3. The van der Waals surface area contributed by atoms with Gasteiger partial charge in [0, 0.05) is 29.9 Å². The molecule has 4 aromatic rings. The van der Waals surface area contributed by atoms with Crippen molar-refractivity contribution in [3.63, 3.8) is 0 Å². The second kappa shape index (κ2) is 9.83. The summed E-state index contributed by atoms with van der Waals surface area (Å²) in [7, 11) is 0. The fourth-order valence-electron chi connectivity index (χ4n) is 4.50. The minimum Gasteiger partial charge on any atom is -0.389 e. The van der Waals surface area contributed by atoms with Crippen molar-refractivity contribution in [2.45, 2.75) is 25.6 Å². The molecule has 0 bridgehead atoms. The highest BCUT2D eigenvalue weighted by atomic mass is 19.4. The van der Waals surface area contributed by atoms with Gasteiger partial charge in [0.1, 0.15) is 5.82 Å². The first kappa shape index (κ1) is 25.3. The van der Waals surface area contributed by atoms with E-state index in [1.54, 1.807) is 19.1 Å². The normalized spacial score (nSPS) is 13.8. The Labute approximate surface area is 215 Å². The summed E-state index contributed by atoms with van der Waals surface area (Å²) in [5, 5.41) is 12.8. The smallest absolute Gasteiger partial charge is 0.389 e. The number of carbonyl (C=O) groups excluding carboxylic acids is 1. The van der Waals surface area contributed by atoms with E-state index in [4.69, 9.17) is 0 Å². The number of hydrogen-bond donors (Lipinski definition) is 2. The van der Waals surface area contributed by atoms with Crippen molar-refractivity contribution >= 4 is 17.2 Å². The maximum Gasteiger partial charge on any atom is 0.417 e. The number of aromatic nitrogens is 2. The Hall–Kier alpha value is -4.37. The maximum atomic E-state index is 15.0. The average molecular weight is 519 g/mol. The van der Waals surface area contributed by atoms with Gasteiger partial charge in [0.05, 0.1) is 22.9 Å². The van der Waals surface area contributed by atoms with Crippen LogP contribution in [0.3, 0.4) is 0 Å². The van der Waals surface area contributed by atoms with Gasteiger partial charge in [0.25, 0.3) is 5.91 Å². The molecule has 1 aliphatic rings. The molecule has 0 aliphatic heterocycles. The van der Waals surface area contributed by atoms with Crippen LogP contribution in [0.1, 0.15) is 51.2 Å². The van der Waals surface area contributed by atoms with E-state index >= 15 is 4.39 Å². The lowest BCUT2D eigenvalue weighted by atomic mass is 10.00. The molecule has 0 fully saturated rings. The summed E-state index contributed by atoms with van der Waals surface area (Å²) in [5.41, 5.74) is 1.76. The van der Waals surface area contributed by atoms with E-state index in [1.165, 1.54) is 18.5 Å². The molecule has 1 aliphatic carbocycles. The number of amides is 1. The first-order chi connectivity index (χ1) is 18.1. The third kappa shape index (κ3) is 4.80. The fraction of sp³-hybridized carbons (Fsp3) is 0.138. The SMILES string of the molecule is CC(O)c1ccc2c(c1)C(NC(=O)c1cc(-c3ncccn3)c(C(F)(F)F)cc1F)=C(c1ccccc1)C2. The molecule has 38 heavy (non-hydrogen) atoms. The molecule has 0 saturated heterocycles. The van der Waals surface area contributed by atoms with Crippen LogP contribution in [0.4, 0.5) is 17.6 Å². The Morgan fingerprint density at radius 2 is 1.68 bits per heavy atom. The lowest BCUT2D eigenvalue weighted by Crippen LogP contribution is -2.24. The van der Waals surface area contributed by atoms with Gasteiger partial charge in [-0.1, -0.05) is 42.5 Å². The van der Waals surface area contributed by atoms with Gasteiger partial charge in [-0.15, -0.1) is 0 Å². The molecule has 5 nitrogen and oxygen atoms in total. The molecule has 0 spiro atoms. The predicted octanol–water partition coefficient (Wildman–Crippen LogP) is 6.21. The Morgan fingerprint density at radius 3 is 2.34 bits per heavy atom. The van der Waals surface area contributed by atoms with Gasteiger partial charge in [0.15, 0.2) is 5.82 Å². The molecule has 0 radical (unpaired) electrons. The summed E-state index contributed by atoms with van der Waals surface area (Å²) >= 11 is 0. The monoisotopic (exact) mass is 519 g/mol. The summed E-state index contributed by atoms with van der Waals surface area (Å²) in [6.07, 6.45) is -2.67. The zero-order valence-electron chi connectivity index (χ0n) is 20.1. The molecular formula is C29H21F4N3O2. The summed E-state index contributed by atoms with van der Waals surface area (Å²) < 4.78 is 56.2. The van der Waals surface area contributed by atoms with Crippen molar-refractivity contribution in [3.8, 4) is 11.4 Å². The quantitative estimate of drug-likeness (QED) is 0.308. The number of aliphatic hydroxyl groups excluding tert-OH is 1. The standard InChI is InChI=1S/C29H21F4N3O2/c1-16(37)18-8-9-19-13-20(17-6-3-2-4-7-17)26(21(19)12-18)36-28(38)23-14-22(27-34-10-5-11-35-27)24(15-25(23)30)29(31,32)33/h2-12,14-16,37H,13H2,1H3,(H,36,38). The fourth-order valence-corrected chi connectivity index (χ4v) is 4.50. The first-order valence-corrected chi connectivity index (χ1v) is 11.7. The average Bonchev–Trinajstić information content (AvgIpc) is 3.26. The van der Waals surface area contributed by atoms with Crippen LogP contribution in [0.2, 0.25) is 0 Å². The van der Waals surface area contributed by atoms with Gasteiger partial charge in [-0.3, -0.25) is 4.79 Å². The zero-order valence-corrected chi connectivity index (χ0v) is 20.1. The molecule has 192 valence electrons. The van der Waals surface area contributed by atoms with Crippen LogP contribution in [0, 0.1) is 5.82 Å². The Kier molecular flexibility index (Phi) is 6.54. The van der Waals surface area contributed by atoms with Gasteiger partial charge in [0.2, 0.25) is 0 Å². The van der Waals surface area contributed by atoms with Gasteiger partial charge in [-0.2, -0.15) is 13.2 Å². The van der Waals surface area contributed by atoms with Gasteiger partial charge in [-0.25, -0.2) is 14.4 Å². The van der Waals surface area contributed by atoms with Crippen molar-refractivity contribution in [2.75, 3.05) is 0 Å². The minimum atomic E-state index is -4.89. The second-order valence-corrected chi connectivity index (χ2v) is 8.89. The lowest BCUT2D eigenvalue weighted by molar-refractivity contribution is -0.137. The molecule has 3 aromatic carbocycles. The van der Waals surface area contributed by atoms with Crippen LogP contribution >= 0.6 is 0 Å². The lowest BCUT2D eigenvalue weighted by Gasteiger charge is -2.16. The number of aliphatic hydroxyl groups is 1. The molecule has 1 unspecified atom stereocenters. The highest BCUT2D eigenvalue weighted by molar-refractivity contribution is 6.07. The number of nitrogens with zero attached hydrogens (tertiary/aromatic N) is 2. The highest BCUT2D eigenvalue weighted by Crippen LogP contribution is 2.40. The molecule has 5 rings (SSSR count). The van der Waals surface area contributed by atoms with Crippen LogP contribution < -0.4 is 5.32 Å². The number of allylic oxidation sites excluding steroid dienone is 1. The largest absolute Gasteiger partial charge is 0.417 e. The Balaban J connectivity index is 1.62. The van der Waals surface area contributed by atoms with E-state index in [9.17, 15) is 23.1 Å². The Morgan fingerprint density at radius 1 is 0.974 bits per heavy atom. The van der Waals surface area contributed by atoms with E-state index in [1.807, 2.05) is 36.4 Å².